The van der Waals surface area contributed by atoms with Crippen molar-refractivity contribution in [2.24, 2.45) is 0 Å². The van der Waals surface area contributed by atoms with Crippen molar-refractivity contribution in [1.29, 1.82) is 0 Å². The molecule has 0 amide bonds. The minimum absolute atomic E-state index is 0.216. The van der Waals surface area contributed by atoms with Gasteiger partial charge in [-0.05, 0) is 6.92 Å². The molecule has 24 heteroatoms. The van der Waals surface area contributed by atoms with Gasteiger partial charge in [0.2, 0.25) is 5.79 Å². The fourth-order valence-corrected chi connectivity index (χ4v) is 2.14. The number of methoxy groups -OCH3 is 1. The number of aromatic amines is 1. The Hall–Kier alpha value is -1.19. The topological polar surface area (TPSA) is 367 Å². The standard InChI is InChI=1S/C11H16N2O7.3H3O4P/c1-5-3-13(10(17)12-8(5)16)9-11(18,19-2)7(15)6(4-14)20-9;3*1-5(2,3)4/h3,6-7,9,14-15,18H,4H2,1-2H3,(H,12,16,17);3*(H3,1,2,3,4)/t6-,7-,9-,11+;;;/m1.../s1. The Balaban J connectivity index is 0. The molecule has 35 heavy (non-hydrogen) atoms. The summed E-state index contributed by atoms with van der Waals surface area (Å²) in [6.07, 6.45) is -2.89. The Morgan fingerprint density at radius 2 is 1.37 bits per heavy atom. The third kappa shape index (κ3) is 16.2. The molecule has 13 N–H and O–H groups in total. The van der Waals surface area contributed by atoms with E-state index in [9.17, 15) is 19.8 Å². The number of aliphatic hydroxyl groups is 3. The summed E-state index contributed by atoms with van der Waals surface area (Å²) in [5.74, 6) is -2.22. The third-order valence-corrected chi connectivity index (χ3v) is 3.34. The van der Waals surface area contributed by atoms with Crippen LogP contribution in [0.3, 0.4) is 0 Å². The molecule has 2 heterocycles. The maximum Gasteiger partial charge on any atom is 0.466 e. The van der Waals surface area contributed by atoms with Crippen LogP contribution in [0.4, 0.5) is 0 Å². The van der Waals surface area contributed by atoms with Gasteiger partial charge in [-0.15, -0.1) is 0 Å². The van der Waals surface area contributed by atoms with Crippen LogP contribution in [0.5, 0.6) is 0 Å². The molecule has 1 saturated heterocycles. The van der Waals surface area contributed by atoms with E-state index in [4.69, 9.17) is 72.3 Å². The number of hydrogen-bond acceptors (Lipinski definition) is 10. The smallest absolute Gasteiger partial charge is 0.394 e. The van der Waals surface area contributed by atoms with E-state index in [0.717, 1.165) is 11.7 Å². The second-order valence-electron chi connectivity index (χ2n) is 6.13. The number of nitrogens with one attached hydrogen (secondary N) is 1. The van der Waals surface area contributed by atoms with E-state index in [1.807, 2.05) is 0 Å². The van der Waals surface area contributed by atoms with E-state index in [0.29, 0.717) is 0 Å². The number of phosphoric acid groups is 3. The molecule has 0 aliphatic carbocycles. The Labute approximate surface area is 193 Å². The fourth-order valence-electron chi connectivity index (χ4n) is 2.14. The lowest BCUT2D eigenvalue weighted by molar-refractivity contribution is -0.265. The summed E-state index contributed by atoms with van der Waals surface area (Å²) in [5, 5.41) is 29.3. The molecule has 0 spiro atoms. The fraction of sp³-hybridized carbons (Fsp3) is 0.636. The molecule has 0 saturated carbocycles. The van der Waals surface area contributed by atoms with Gasteiger partial charge in [-0.2, -0.15) is 0 Å². The number of aliphatic hydroxyl groups excluding tert-OH is 2. The summed E-state index contributed by atoms with van der Waals surface area (Å²) in [6.45, 7) is 0.899. The lowest BCUT2D eigenvalue weighted by Crippen LogP contribution is -2.50. The van der Waals surface area contributed by atoms with Crippen molar-refractivity contribution in [2.75, 3.05) is 13.7 Å². The van der Waals surface area contributed by atoms with Gasteiger partial charge in [0.05, 0.1) is 6.61 Å². The van der Waals surface area contributed by atoms with Crippen molar-refractivity contribution in [1.82, 2.24) is 9.55 Å². The zero-order chi connectivity index (χ0) is 28.6. The van der Waals surface area contributed by atoms with Crippen LogP contribution in [0.15, 0.2) is 15.8 Å². The number of nitrogens with zero attached hydrogens (tertiary/aromatic N) is 1. The van der Waals surface area contributed by atoms with Crippen LogP contribution in [0, 0.1) is 6.92 Å². The molecular formula is C11H25N2O19P3. The number of hydrogen-bond donors (Lipinski definition) is 13. The summed E-state index contributed by atoms with van der Waals surface area (Å²) in [4.78, 5) is 89.9. The van der Waals surface area contributed by atoms with Crippen LogP contribution in [0.2, 0.25) is 0 Å². The zero-order valence-corrected chi connectivity index (χ0v) is 20.2. The normalized spacial score (nSPS) is 24.2. The first-order chi connectivity index (χ1) is 15.3. The molecule has 1 aliphatic rings. The first-order valence-corrected chi connectivity index (χ1v) is 12.9. The Kier molecular flexibility index (Phi) is 14.3. The maximum atomic E-state index is 11.8. The van der Waals surface area contributed by atoms with Crippen LogP contribution in [0.1, 0.15) is 11.8 Å². The molecule has 1 aliphatic heterocycles. The van der Waals surface area contributed by atoms with E-state index in [-0.39, 0.29) is 5.56 Å². The summed E-state index contributed by atoms with van der Waals surface area (Å²) >= 11 is 0. The highest BCUT2D eigenvalue weighted by molar-refractivity contribution is 7.45. The maximum absolute atomic E-state index is 11.8. The van der Waals surface area contributed by atoms with E-state index < -0.39 is 65.5 Å². The van der Waals surface area contributed by atoms with Gasteiger partial charge in [0.25, 0.3) is 5.56 Å². The van der Waals surface area contributed by atoms with Crippen LogP contribution in [0.25, 0.3) is 0 Å². The van der Waals surface area contributed by atoms with Crippen LogP contribution in [-0.2, 0) is 23.2 Å². The lowest BCUT2D eigenvalue weighted by atomic mass is 10.1. The number of H-pyrrole nitrogens is 1. The Morgan fingerprint density at radius 3 is 1.69 bits per heavy atom. The monoisotopic (exact) mass is 582 g/mol. The van der Waals surface area contributed by atoms with Crippen molar-refractivity contribution in [2.45, 2.75) is 31.1 Å². The van der Waals surface area contributed by atoms with Gasteiger partial charge in [-0.3, -0.25) is 14.3 Å². The first kappa shape index (κ1) is 36.0. The molecule has 4 atom stereocenters. The SMILES string of the molecule is CO[C@@]1(O)[C@H](O)[C@@H](CO)O[C@H]1n1cc(C)c(=O)[nH]c1=O.O=P(O)(O)O.O=P(O)(O)O.O=P(O)(O)O. The lowest BCUT2D eigenvalue weighted by Gasteiger charge is -2.29. The number of rotatable bonds is 3. The van der Waals surface area contributed by atoms with E-state index in [2.05, 4.69) is 4.98 Å². The zero-order valence-electron chi connectivity index (χ0n) is 17.5. The van der Waals surface area contributed by atoms with Crippen molar-refractivity contribution in [3.63, 3.8) is 0 Å². The third-order valence-electron chi connectivity index (χ3n) is 3.34. The number of ether oxygens (including phenoxy) is 2. The molecule has 2 rings (SSSR count). The highest BCUT2D eigenvalue weighted by Gasteiger charge is 2.57. The quantitative estimate of drug-likeness (QED) is 0.117. The van der Waals surface area contributed by atoms with E-state index >= 15 is 0 Å². The van der Waals surface area contributed by atoms with Gasteiger partial charge >= 0.3 is 29.2 Å². The van der Waals surface area contributed by atoms with Gasteiger partial charge < -0.3 is 68.8 Å². The average molecular weight is 582 g/mol. The van der Waals surface area contributed by atoms with Gasteiger partial charge in [-0.1, -0.05) is 0 Å². The van der Waals surface area contributed by atoms with E-state index in [1.165, 1.54) is 13.1 Å². The molecule has 1 aromatic heterocycles. The summed E-state index contributed by atoms with van der Waals surface area (Å²) in [5.41, 5.74) is -1.18. The molecule has 0 radical (unpaired) electrons. The highest BCUT2D eigenvalue weighted by atomic mass is 31.2. The number of aryl methyl sites for hydroxylation is 1. The van der Waals surface area contributed by atoms with Gasteiger partial charge in [-0.25, -0.2) is 18.5 Å². The predicted octanol–water partition coefficient (Wildman–Crippen LogP) is -5.36. The summed E-state index contributed by atoms with van der Waals surface area (Å²) in [7, 11) is -12.8. The molecule has 0 bridgehead atoms. The molecule has 1 fully saturated rings. The van der Waals surface area contributed by atoms with Crippen molar-refractivity contribution in [3.8, 4) is 0 Å². The van der Waals surface area contributed by atoms with Gasteiger partial charge in [0, 0.05) is 18.9 Å². The Morgan fingerprint density at radius 1 is 1.00 bits per heavy atom. The second-order valence-corrected chi connectivity index (χ2v) is 9.21. The number of aromatic nitrogens is 2. The molecule has 1 aromatic rings. The average Bonchev–Trinajstić information content (AvgIpc) is 2.85. The van der Waals surface area contributed by atoms with E-state index in [1.54, 1.807) is 0 Å². The molecule has 0 unspecified atom stereocenters. The van der Waals surface area contributed by atoms with Crippen LogP contribution >= 0.6 is 23.5 Å². The molecule has 21 nitrogen and oxygen atoms in total. The minimum atomic E-state index is -4.64. The second kappa shape index (κ2) is 13.9. The van der Waals surface area contributed by atoms with Gasteiger partial charge in [0.15, 0.2) is 6.23 Å². The summed E-state index contributed by atoms with van der Waals surface area (Å²) in [6, 6.07) is 0. The predicted molar refractivity (Wildman–Crippen MR) is 108 cm³/mol. The van der Waals surface area contributed by atoms with Crippen molar-refractivity contribution >= 4 is 23.5 Å². The molecule has 0 aromatic carbocycles. The van der Waals surface area contributed by atoms with Crippen LogP contribution < -0.4 is 11.2 Å². The van der Waals surface area contributed by atoms with Gasteiger partial charge in [0.1, 0.15) is 12.2 Å². The van der Waals surface area contributed by atoms with Crippen molar-refractivity contribution < 1.29 is 82.5 Å². The van der Waals surface area contributed by atoms with Crippen molar-refractivity contribution in [3.05, 3.63) is 32.6 Å². The summed E-state index contributed by atoms with van der Waals surface area (Å²) < 4.78 is 37.7. The Bertz CT molecular complexity index is 981. The molecular weight excluding hydrogens is 557 g/mol. The largest absolute Gasteiger partial charge is 0.466 e. The van der Waals surface area contributed by atoms with Crippen LogP contribution in [-0.4, -0.2) is 101 Å². The molecule has 208 valence electrons. The highest BCUT2D eigenvalue weighted by Crippen LogP contribution is 2.38. The first-order valence-electron chi connectivity index (χ1n) is 8.24. The minimum Gasteiger partial charge on any atom is -0.394 e.